The average Bonchev–Trinajstić information content (AvgIpc) is 2.89. The highest BCUT2D eigenvalue weighted by molar-refractivity contribution is 7.90. The maximum absolute atomic E-state index is 13.8. The molecule has 1 aromatic heterocycles. The Hall–Kier alpha value is -3.30. The van der Waals surface area contributed by atoms with Crippen LogP contribution in [0.25, 0.3) is 11.1 Å². The van der Waals surface area contributed by atoms with Crippen LogP contribution < -0.4 is 11.3 Å². The Morgan fingerprint density at radius 3 is 2.49 bits per heavy atom. The van der Waals surface area contributed by atoms with Crippen molar-refractivity contribution in [3.05, 3.63) is 92.1 Å². The summed E-state index contributed by atoms with van der Waals surface area (Å²) in [5.41, 5.74) is 8.89. The van der Waals surface area contributed by atoms with Gasteiger partial charge >= 0.3 is 0 Å². The summed E-state index contributed by atoms with van der Waals surface area (Å²) >= 11 is 6.39. The van der Waals surface area contributed by atoms with E-state index >= 15 is 0 Å². The Balaban J connectivity index is 2.06. The molecule has 0 saturated carbocycles. The normalized spacial score (nSPS) is 15.1. The molecule has 4 rings (SSSR count). The Bertz CT molecular complexity index is 1550. The van der Waals surface area contributed by atoms with E-state index in [1.165, 1.54) is 22.8 Å². The van der Waals surface area contributed by atoms with E-state index < -0.39 is 27.6 Å². The van der Waals surface area contributed by atoms with Gasteiger partial charge in [-0.2, -0.15) is 0 Å². The van der Waals surface area contributed by atoms with Gasteiger partial charge in [0.05, 0.1) is 28.9 Å². The molecule has 0 unspecified atom stereocenters. The van der Waals surface area contributed by atoms with Crippen LogP contribution in [-0.2, 0) is 27.4 Å². The first-order valence-corrected chi connectivity index (χ1v) is 13.0. The second-order valence-electron chi connectivity index (χ2n) is 8.44. The fraction of sp³-hybridized carbons (Fsp3) is 0.240. The summed E-state index contributed by atoms with van der Waals surface area (Å²) in [4.78, 5) is 29.3. The number of benzene rings is 2. The number of hydrogen-bond acceptors (Lipinski definition) is 5. The molecular weight excluding hydrogens is 493 g/mol. The van der Waals surface area contributed by atoms with Crippen molar-refractivity contribution < 1.29 is 17.6 Å². The third-order valence-electron chi connectivity index (χ3n) is 5.94. The van der Waals surface area contributed by atoms with Crippen LogP contribution in [0.2, 0.25) is 5.02 Å². The van der Waals surface area contributed by atoms with Crippen molar-refractivity contribution in [2.24, 2.45) is 17.8 Å². The number of primary amides is 1. The van der Waals surface area contributed by atoms with Crippen LogP contribution in [0.15, 0.2) is 58.4 Å². The van der Waals surface area contributed by atoms with Gasteiger partial charge in [-0.1, -0.05) is 30.7 Å². The minimum absolute atomic E-state index is 0.00620. The van der Waals surface area contributed by atoms with Gasteiger partial charge in [-0.25, -0.2) is 12.8 Å². The Morgan fingerprint density at radius 2 is 1.83 bits per heavy atom. The van der Waals surface area contributed by atoms with Gasteiger partial charge in [0, 0.05) is 41.8 Å². The summed E-state index contributed by atoms with van der Waals surface area (Å²) in [6, 6.07) is 9.67. The van der Waals surface area contributed by atoms with Crippen LogP contribution in [-0.4, -0.2) is 30.4 Å². The fourth-order valence-electron chi connectivity index (χ4n) is 4.15. The van der Waals surface area contributed by atoms with Gasteiger partial charge in [0.2, 0.25) is 5.91 Å². The van der Waals surface area contributed by atoms with Crippen LogP contribution in [0.1, 0.15) is 41.6 Å². The molecule has 0 spiro atoms. The molecule has 0 aliphatic carbocycles. The molecule has 2 aromatic carbocycles. The van der Waals surface area contributed by atoms with Crippen LogP contribution in [0.3, 0.4) is 0 Å². The number of sulfone groups is 1. The third kappa shape index (κ3) is 5.06. The summed E-state index contributed by atoms with van der Waals surface area (Å²) in [5.74, 6) is -1.30. The number of carbonyl (C=O) groups is 1. The highest BCUT2D eigenvalue weighted by Crippen LogP contribution is 2.39. The van der Waals surface area contributed by atoms with E-state index in [4.69, 9.17) is 22.3 Å². The predicted octanol–water partition coefficient (Wildman–Crippen LogP) is 3.55. The molecule has 2 heterocycles. The summed E-state index contributed by atoms with van der Waals surface area (Å²) in [6.07, 6.45) is 1.46. The molecule has 0 bridgehead atoms. The lowest BCUT2D eigenvalue weighted by Gasteiger charge is -2.16. The van der Waals surface area contributed by atoms with Gasteiger partial charge < -0.3 is 10.3 Å². The number of halogens is 2. The average molecular weight is 516 g/mol. The zero-order chi connectivity index (χ0) is 25.5. The molecule has 0 radical (unpaired) electrons. The van der Waals surface area contributed by atoms with Crippen LogP contribution in [0.5, 0.6) is 0 Å². The summed E-state index contributed by atoms with van der Waals surface area (Å²) in [6.45, 7) is 1.58. The lowest BCUT2D eigenvalue weighted by Crippen LogP contribution is -2.20. The number of hydrogen-bond donors (Lipinski definition) is 1. The van der Waals surface area contributed by atoms with E-state index in [0.717, 1.165) is 6.07 Å². The Labute approximate surface area is 207 Å². The number of aryl methyl sites for hydroxylation is 1. The van der Waals surface area contributed by atoms with E-state index in [2.05, 4.69) is 0 Å². The first-order valence-electron chi connectivity index (χ1n) is 10.8. The van der Waals surface area contributed by atoms with Gasteiger partial charge in [-0.05, 0) is 41.0 Å². The van der Waals surface area contributed by atoms with Gasteiger partial charge in [-0.3, -0.25) is 14.6 Å². The van der Waals surface area contributed by atoms with Crippen molar-refractivity contribution >= 4 is 33.1 Å². The zero-order valence-corrected chi connectivity index (χ0v) is 20.7. The molecule has 0 saturated heterocycles. The fourth-order valence-corrected chi connectivity index (χ4v) is 5.30. The highest BCUT2D eigenvalue weighted by atomic mass is 35.5. The number of nitrogens with two attached hydrogens (primary N) is 1. The maximum Gasteiger partial charge on any atom is 0.250 e. The van der Waals surface area contributed by atoms with Crippen LogP contribution in [0.4, 0.5) is 4.39 Å². The smallest absolute Gasteiger partial charge is 0.250 e. The van der Waals surface area contributed by atoms with Gasteiger partial charge in [0.25, 0.3) is 5.56 Å². The molecule has 10 heteroatoms. The summed E-state index contributed by atoms with van der Waals surface area (Å²) < 4.78 is 39.8. The van der Waals surface area contributed by atoms with E-state index in [1.807, 2.05) is 0 Å². The van der Waals surface area contributed by atoms with Gasteiger partial charge in [0.1, 0.15) is 5.82 Å². The van der Waals surface area contributed by atoms with E-state index in [1.54, 1.807) is 38.4 Å². The number of nitrogens with zero attached hydrogens (tertiary/aromatic N) is 2. The summed E-state index contributed by atoms with van der Waals surface area (Å²) in [5, 5.41) is 0.117. The van der Waals surface area contributed by atoms with Crippen molar-refractivity contribution in [3.8, 4) is 11.1 Å². The Kier molecular flexibility index (Phi) is 6.66. The summed E-state index contributed by atoms with van der Waals surface area (Å²) in [7, 11) is -1.72. The quantitative estimate of drug-likeness (QED) is 0.541. The number of carbonyl (C=O) groups excluding carboxylic acids is 1. The van der Waals surface area contributed by atoms with Gasteiger partial charge in [0.15, 0.2) is 9.84 Å². The number of aromatic nitrogens is 1. The Morgan fingerprint density at radius 1 is 1.11 bits per heavy atom. The van der Waals surface area contributed by atoms with Gasteiger partial charge in [-0.15, -0.1) is 0 Å². The molecule has 2 N–H and O–H groups in total. The third-order valence-corrected chi connectivity index (χ3v) is 7.91. The SMILES string of the molecule is CCS(=O)(=O)Cc1ccc2c(c1)-c1cn(C)c(=O)cc1[C@H](CC(N)=O)N=C2c1ccc(F)cc1Cl. The minimum Gasteiger partial charge on any atom is -0.370 e. The van der Waals surface area contributed by atoms with Crippen molar-refractivity contribution in [2.45, 2.75) is 25.1 Å². The highest BCUT2D eigenvalue weighted by Gasteiger charge is 2.28. The van der Waals surface area contributed by atoms with E-state index in [9.17, 15) is 22.4 Å². The second-order valence-corrected chi connectivity index (χ2v) is 11.2. The molecule has 1 aliphatic rings. The minimum atomic E-state index is -3.31. The van der Waals surface area contributed by atoms with Crippen molar-refractivity contribution in [2.75, 3.05) is 5.75 Å². The van der Waals surface area contributed by atoms with Crippen LogP contribution >= 0.6 is 11.6 Å². The first-order chi connectivity index (χ1) is 16.5. The standard InChI is InChI=1S/C25H23ClFN3O4S/c1-3-35(33,34)13-14-4-6-16-18(8-14)20-12-30(2)24(32)10-19(20)22(11-23(28)31)29-25(16)17-7-5-15(27)9-21(17)26/h4-10,12,22H,3,11,13H2,1-2H3,(H2,28,31)/t22-/m0/s1. The maximum atomic E-state index is 13.8. The number of aliphatic imine (C=N–C) groups is 1. The number of rotatable bonds is 6. The number of amides is 1. The molecule has 1 atom stereocenters. The molecule has 3 aromatic rings. The molecule has 1 aliphatic heterocycles. The molecule has 35 heavy (non-hydrogen) atoms. The first kappa shape index (κ1) is 24.8. The monoisotopic (exact) mass is 515 g/mol. The molecule has 1 amide bonds. The van der Waals surface area contributed by atoms with Crippen molar-refractivity contribution in [3.63, 3.8) is 0 Å². The number of fused-ring (bicyclic) bond motifs is 3. The lowest BCUT2D eigenvalue weighted by molar-refractivity contribution is -0.118. The molecule has 182 valence electrons. The zero-order valence-electron chi connectivity index (χ0n) is 19.1. The second kappa shape index (κ2) is 9.39. The largest absolute Gasteiger partial charge is 0.370 e. The molecule has 7 nitrogen and oxygen atoms in total. The lowest BCUT2D eigenvalue weighted by atomic mass is 9.90. The van der Waals surface area contributed by atoms with Crippen LogP contribution in [0, 0.1) is 5.82 Å². The topological polar surface area (TPSA) is 112 Å². The van der Waals surface area contributed by atoms with Crippen molar-refractivity contribution in [1.29, 1.82) is 0 Å². The van der Waals surface area contributed by atoms with E-state index in [0.29, 0.717) is 39.1 Å². The molecule has 0 fully saturated rings. The molecular formula is C25H23ClFN3O4S. The number of pyridine rings is 1. The van der Waals surface area contributed by atoms with Crippen molar-refractivity contribution in [1.82, 2.24) is 4.57 Å². The predicted molar refractivity (Wildman–Crippen MR) is 134 cm³/mol. The van der Waals surface area contributed by atoms with E-state index in [-0.39, 0.29) is 28.5 Å².